The highest BCUT2D eigenvalue weighted by Gasteiger charge is 2.19. The molecule has 0 spiro atoms. The van der Waals surface area contributed by atoms with Crippen molar-refractivity contribution in [3.8, 4) is 0 Å². The zero-order valence-electron chi connectivity index (χ0n) is 4.09. The summed E-state index contributed by atoms with van der Waals surface area (Å²) in [5, 5.41) is 2.36. The molecule has 1 aliphatic heterocycles. The number of hydrogen-bond acceptors (Lipinski definition) is 3. The number of carbonyl (C=O) groups excluding carboxylic acids is 2. The number of aldehydes is 1. The first-order valence-electron chi connectivity index (χ1n) is 2.21. The molecule has 1 heterocycles. The van der Waals surface area contributed by atoms with Crippen LogP contribution in [0.4, 0.5) is 4.79 Å². The number of rotatable bonds is 1. The van der Waals surface area contributed by atoms with Gasteiger partial charge in [0.1, 0.15) is 6.29 Å². The average molecular weight is 131 g/mol. The van der Waals surface area contributed by atoms with Gasteiger partial charge in [-0.3, -0.25) is 4.79 Å². The van der Waals surface area contributed by atoms with Crippen molar-refractivity contribution in [3.63, 3.8) is 0 Å². The highest BCUT2D eigenvalue weighted by atomic mass is 32.2. The summed E-state index contributed by atoms with van der Waals surface area (Å²) < 4.78 is 0. The molecule has 1 unspecified atom stereocenters. The topological polar surface area (TPSA) is 46.2 Å². The third kappa shape index (κ3) is 1.01. The zero-order valence-corrected chi connectivity index (χ0v) is 4.90. The van der Waals surface area contributed by atoms with Crippen LogP contribution in [0.15, 0.2) is 0 Å². The zero-order chi connectivity index (χ0) is 5.98. The standard InChI is InChI=1S/C4H5NO2S/c6-1-3-2-8-4(7)5-3/h1,3H,2H2,(H,5,7). The minimum atomic E-state index is -0.243. The lowest BCUT2D eigenvalue weighted by atomic mass is 10.4. The van der Waals surface area contributed by atoms with Gasteiger partial charge in [0.25, 0.3) is 5.24 Å². The molecular formula is C4H5NO2S. The van der Waals surface area contributed by atoms with Gasteiger partial charge in [-0.1, -0.05) is 11.8 Å². The second-order valence-electron chi connectivity index (χ2n) is 1.49. The van der Waals surface area contributed by atoms with Crippen molar-refractivity contribution in [1.82, 2.24) is 5.32 Å². The molecule has 1 rings (SSSR count). The van der Waals surface area contributed by atoms with Crippen LogP contribution in [-0.2, 0) is 4.79 Å². The first kappa shape index (κ1) is 5.62. The predicted octanol–water partition coefficient (Wildman–Crippen LogP) is 0.0103. The molecule has 0 aromatic heterocycles. The monoisotopic (exact) mass is 131 g/mol. The molecular weight excluding hydrogens is 126 g/mol. The average Bonchev–Trinajstić information content (AvgIpc) is 2.14. The molecule has 1 amide bonds. The number of carbonyl (C=O) groups is 2. The Kier molecular flexibility index (Phi) is 1.53. The highest BCUT2D eigenvalue weighted by molar-refractivity contribution is 8.14. The molecule has 1 N–H and O–H groups in total. The van der Waals surface area contributed by atoms with Crippen molar-refractivity contribution < 1.29 is 9.59 Å². The molecule has 1 saturated heterocycles. The van der Waals surface area contributed by atoms with Crippen molar-refractivity contribution in [2.24, 2.45) is 0 Å². The van der Waals surface area contributed by atoms with Gasteiger partial charge in [-0.2, -0.15) is 0 Å². The summed E-state index contributed by atoms with van der Waals surface area (Å²) in [5.41, 5.74) is 0. The van der Waals surface area contributed by atoms with Crippen molar-refractivity contribution in [2.75, 3.05) is 5.75 Å². The Morgan fingerprint density at radius 1 is 1.88 bits per heavy atom. The molecule has 0 bridgehead atoms. The molecule has 0 aliphatic carbocycles. The number of nitrogens with one attached hydrogen (secondary N) is 1. The van der Waals surface area contributed by atoms with Gasteiger partial charge in [0.2, 0.25) is 0 Å². The number of thioether (sulfide) groups is 1. The van der Waals surface area contributed by atoms with Gasteiger partial charge >= 0.3 is 0 Å². The second kappa shape index (κ2) is 2.17. The molecule has 4 heteroatoms. The Balaban J connectivity index is 2.43. The van der Waals surface area contributed by atoms with Gasteiger partial charge in [0.05, 0.1) is 6.04 Å². The van der Waals surface area contributed by atoms with E-state index < -0.39 is 0 Å². The Bertz CT molecular complexity index is 125. The molecule has 0 aromatic rings. The lowest BCUT2D eigenvalue weighted by molar-refractivity contribution is -0.108. The lowest BCUT2D eigenvalue weighted by Crippen LogP contribution is -2.26. The fraction of sp³-hybridized carbons (Fsp3) is 0.500. The van der Waals surface area contributed by atoms with Crippen LogP contribution in [0.3, 0.4) is 0 Å². The molecule has 1 fully saturated rings. The van der Waals surface area contributed by atoms with E-state index in [4.69, 9.17) is 0 Å². The van der Waals surface area contributed by atoms with Crippen LogP contribution in [0, 0.1) is 0 Å². The quantitative estimate of drug-likeness (QED) is 0.510. The van der Waals surface area contributed by atoms with Crippen LogP contribution in [0.2, 0.25) is 0 Å². The first-order valence-corrected chi connectivity index (χ1v) is 3.20. The van der Waals surface area contributed by atoms with E-state index in [2.05, 4.69) is 5.32 Å². The van der Waals surface area contributed by atoms with Gasteiger partial charge in [0, 0.05) is 5.75 Å². The summed E-state index contributed by atoms with van der Waals surface area (Å²) in [7, 11) is 0. The normalized spacial score (nSPS) is 27.5. The maximum atomic E-state index is 10.3. The van der Waals surface area contributed by atoms with Crippen LogP contribution in [-0.4, -0.2) is 23.3 Å². The van der Waals surface area contributed by atoms with Crippen LogP contribution < -0.4 is 5.32 Å². The highest BCUT2D eigenvalue weighted by Crippen LogP contribution is 2.10. The van der Waals surface area contributed by atoms with Crippen molar-refractivity contribution >= 4 is 23.3 Å². The minimum Gasteiger partial charge on any atom is -0.337 e. The molecule has 1 atom stereocenters. The smallest absolute Gasteiger partial charge is 0.279 e. The van der Waals surface area contributed by atoms with E-state index in [-0.39, 0.29) is 11.3 Å². The van der Waals surface area contributed by atoms with Crippen LogP contribution in [0.5, 0.6) is 0 Å². The third-order valence-corrected chi connectivity index (χ3v) is 1.77. The molecule has 8 heavy (non-hydrogen) atoms. The van der Waals surface area contributed by atoms with E-state index >= 15 is 0 Å². The van der Waals surface area contributed by atoms with E-state index in [0.29, 0.717) is 5.75 Å². The van der Waals surface area contributed by atoms with E-state index in [1.165, 1.54) is 0 Å². The van der Waals surface area contributed by atoms with Crippen LogP contribution >= 0.6 is 11.8 Å². The molecule has 0 radical (unpaired) electrons. The maximum absolute atomic E-state index is 10.3. The van der Waals surface area contributed by atoms with Gasteiger partial charge in [0.15, 0.2) is 0 Å². The molecule has 3 nitrogen and oxygen atoms in total. The summed E-state index contributed by atoms with van der Waals surface area (Å²) >= 11 is 1.15. The molecule has 1 aliphatic rings. The Morgan fingerprint density at radius 2 is 2.62 bits per heavy atom. The fourth-order valence-corrected chi connectivity index (χ4v) is 1.20. The van der Waals surface area contributed by atoms with E-state index in [9.17, 15) is 9.59 Å². The lowest BCUT2D eigenvalue weighted by Gasteiger charge is -1.92. The van der Waals surface area contributed by atoms with Gasteiger partial charge < -0.3 is 10.1 Å². The molecule has 0 saturated carbocycles. The predicted molar refractivity (Wildman–Crippen MR) is 30.8 cm³/mol. The summed E-state index contributed by atoms with van der Waals surface area (Å²) in [6.45, 7) is 0. The molecule has 0 aromatic carbocycles. The first-order chi connectivity index (χ1) is 3.83. The van der Waals surface area contributed by atoms with Crippen LogP contribution in [0.25, 0.3) is 0 Å². The fourth-order valence-electron chi connectivity index (χ4n) is 0.473. The third-order valence-electron chi connectivity index (χ3n) is 0.861. The van der Waals surface area contributed by atoms with Crippen molar-refractivity contribution in [2.45, 2.75) is 6.04 Å². The van der Waals surface area contributed by atoms with Gasteiger partial charge in [-0.05, 0) is 0 Å². The van der Waals surface area contributed by atoms with Gasteiger partial charge in [-0.15, -0.1) is 0 Å². The summed E-state index contributed by atoms with van der Waals surface area (Å²) in [5.74, 6) is 0.586. The Hall–Kier alpha value is -0.510. The van der Waals surface area contributed by atoms with Crippen LogP contribution in [0.1, 0.15) is 0 Å². The van der Waals surface area contributed by atoms with Gasteiger partial charge in [-0.25, -0.2) is 0 Å². The number of amides is 1. The van der Waals surface area contributed by atoms with E-state index in [0.717, 1.165) is 18.0 Å². The SMILES string of the molecule is O=CC1CSC(=O)N1. The Morgan fingerprint density at radius 3 is 2.88 bits per heavy atom. The largest absolute Gasteiger partial charge is 0.337 e. The summed E-state index contributed by atoms with van der Waals surface area (Å²) in [6, 6.07) is -0.243. The minimum absolute atomic E-state index is 0.0953. The van der Waals surface area contributed by atoms with E-state index in [1.807, 2.05) is 0 Å². The summed E-state index contributed by atoms with van der Waals surface area (Å²) in [4.78, 5) is 20.2. The second-order valence-corrected chi connectivity index (χ2v) is 2.48. The molecule has 44 valence electrons. The van der Waals surface area contributed by atoms with E-state index in [1.54, 1.807) is 0 Å². The van der Waals surface area contributed by atoms with Crippen molar-refractivity contribution in [1.29, 1.82) is 0 Å². The number of hydrogen-bond donors (Lipinski definition) is 1. The van der Waals surface area contributed by atoms with Crippen molar-refractivity contribution in [3.05, 3.63) is 0 Å². The maximum Gasteiger partial charge on any atom is 0.279 e. The Labute approximate surface area is 50.8 Å². The summed E-state index contributed by atoms with van der Waals surface area (Å²) in [6.07, 6.45) is 0.748.